The van der Waals surface area contributed by atoms with Gasteiger partial charge >= 0.3 is 0 Å². The van der Waals surface area contributed by atoms with Gasteiger partial charge in [0.15, 0.2) is 0 Å². The number of rotatable bonds is 3. The molecule has 0 radical (unpaired) electrons. The first-order chi connectivity index (χ1) is 9.72. The van der Waals surface area contributed by atoms with Gasteiger partial charge in [0.25, 0.3) is 0 Å². The summed E-state index contributed by atoms with van der Waals surface area (Å²) in [6.07, 6.45) is 5.04. The molecule has 1 aliphatic carbocycles. The molecule has 6 heteroatoms. The number of nitrogens with zero attached hydrogens (tertiary/aromatic N) is 4. The van der Waals surface area contributed by atoms with E-state index >= 15 is 0 Å². The molecule has 1 heterocycles. The van der Waals surface area contributed by atoms with Gasteiger partial charge in [-0.3, -0.25) is 0 Å². The first kappa shape index (κ1) is 13.4. The Balaban J connectivity index is 1.75. The minimum absolute atomic E-state index is 0.247. The predicted molar refractivity (Wildman–Crippen MR) is 78.1 cm³/mol. The van der Waals surface area contributed by atoms with Crippen LogP contribution in [0.2, 0.25) is 0 Å². The Morgan fingerprint density at radius 2 is 1.85 bits per heavy atom. The Bertz CT molecular complexity index is 561. The van der Waals surface area contributed by atoms with E-state index in [1.807, 2.05) is 12.1 Å². The van der Waals surface area contributed by atoms with E-state index in [-0.39, 0.29) is 5.75 Å². The van der Waals surface area contributed by atoms with E-state index < -0.39 is 0 Å². The zero-order valence-electron chi connectivity index (χ0n) is 11.4. The second-order valence-corrected chi connectivity index (χ2v) is 6.66. The van der Waals surface area contributed by atoms with E-state index in [1.54, 1.807) is 28.6 Å². The zero-order chi connectivity index (χ0) is 13.9. The Labute approximate surface area is 122 Å². The highest BCUT2D eigenvalue weighted by molar-refractivity contribution is 7.99. The summed E-state index contributed by atoms with van der Waals surface area (Å²) in [5.74, 6) is 1.09. The van der Waals surface area contributed by atoms with Crippen LogP contribution in [0.25, 0.3) is 5.69 Å². The molecule has 1 aromatic carbocycles. The summed E-state index contributed by atoms with van der Waals surface area (Å²) in [5, 5.41) is 22.7. The molecule has 0 aliphatic heterocycles. The van der Waals surface area contributed by atoms with Crippen molar-refractivity contribution >= 4 is 11.8 Å². The van der Waals surface area contributed by atoms with E-state index in [4.69, 9.17) is 0 Å². The SMILES string of the molecule is CC1CCC(Sc2nnnn2-c2ccc(O)cc2)CC1. The van der Waals surface area contributed by atoms with Crippen molar-refractivity contribution in [2.45, 2.75) is 43.0 Å². The number of phenolic OH excluding ortho intramolecular Hbond substituents is 1. The number of aromatic nitrogens is 4. The van der Waals surface area contributed by atoms with E-state index in [9.17, 15) is 5.11 Å². The fourth-order valence-electron chi connectivity index (χ4n) is 2.50. The molecule has 0 amide bonds. The smallest absolute Gasteiger partial charge is 0.214 e. The minimum atomic E-state index is 0.247. The van der Waals surface area contributed by atoms with Crippen molar-refractivity contribution in [1.82, 2.24) is 20.2 Å². The summed E-state index contributed by atoms with van der Waals surface area (Å²) in [5.41, 5.74) is 0.875. The van der Waals surface area contributed by atoms with Gasteiger partial charge in [-0.2, -0.15) is 4.68 Å². The van der Waals surface area contributed by atoms with Gasteiger partial charge in [0.1, 0.15) is 5.75 Å². The molecule has 1 fully saturated rings. The van der Waals surface area contributed by atoms with Crippen LogP contribution in [0.1, 0.15) is 32.6 Å². The molecular formula is C14H18N4OS. The van der Waals surface area contributed by atoms with Crippen LogP contribution in [-0.2, 0) is 0 Å². The molecule has 0 bridgehead atoms. The van der Waals surface area contributed by atoms with Crippen LogP contribution in [-0.4, -0.2) is 30.6 Å². The van der Waals surface area contributed by atoms with E-state index in [0.29, 0.717) is 5.25 Å². The first-order valence-electron chi connectivity index (χ1n) is 6.97. The molecule has 0 saturated heterocycles. The zero-order valence-corrected chi connectivity index (χ0v) is 12.3. The predicted octanol–water partition coefficient (Wildman–Crippen LogP) is 3.04. The molecule has 1 aliphatic rings. The molecule has 5 nitrogen and oxygen atoms in total. The fraction of sp³-hybridized carbons (Fsp3) is 0.500. The summed E-state index contributed by atoms with van der Waals surface area (Å²) >= 11 is 1.76. The molecule has 1 aromatic heterocycles. The average Bonchev–Trinajstić information content (AvgIpc) is 2.90. The lowest BCUT2D eigenvalue weighted by atomic mass is 9.91. The summed E-state index contributed by atoms with van der Waals surface area (Å²) in [4.78, 5) is 0. The molecule has 106 valence electrons. The van der Waals surface area contributed by atoms with Gasteiger partial charge in [-0.25, -0.2) is 0 Å². The third-order valence-electron chi connectivity index (χ3n) is 3.77. The van der Waals surface area contributed by atoms with E-state index in [1.165, 1.54) is 25.7 Å². The van der Waals surface area contributed by atoms with Crippen LogP contribution >= 0.6 is 11.8 Å². The molecule has 1 saturated carbocycles. The van der Waals surface area contributed by atoms with Crippen molar-refractivity contribution in [2.24, 2.45) is 5.92 Å². The Hall–Kier alpha value is -1.56. The number of hydrogen-bond donors (Lipinski definition) is 1. The Morgan fingerprint density at radius 3 is 2.55 bits per heavy atom. The third kappa shape index (κ3) is 2.95. The van der Waals surface area contributed by atoms with Gasteiger partial charge in [-0.15, -0.1) is 5.10 Å². The molecule has 0 atom stereocenters. The number of hydrogen-bond acceptors (Lipinski definition) is 5. The number of benzene rings is 1. The van der Waals surface area contributed by atoms with Gasteiger partial charge in [0, 0.05) is 5.25 Å². The third-order valence-corrected chi connectivity index (χ3v) is 5.04. The number of thioether (sulfide) groups is 1. The Morgan fingerprint density at radius 1 is 1.15 bits per heavy atom. The summed E-state index contributed by atoms with van der Waals surface area (Å²) in [7, 11) is 0. The van der Waals surface area contributed by atoms with Crippen LogP contribution in [0.15, 0.2) is 29.4 Å². The van der Waals surface area contributed by atoms with Crippen molar-refractivity contribution in [2.75, 3.05) is 0 Å². The lowest BCUT2D eigenvalue weighted by Gasteiger charge is -2.24. The first-order valence-corrected chi connectivity index (χ1v) is 7.85. The van der Waals surface area contributed by atoms with Gasteiger partial charge in [0.05, 0.1) is 5.69 Å². The van der Waals surface area contributed by atoms with Crippen molar-refractivity contribution in [3.05, 3.63) is 24.3 Å². The molecule has 3 rings (SSSR count). The van der Waals surface area contributed by atoms with Crippen LogP contribution < -0.4 is 0 Å². The largest absolute Gasteiger partial charge is 0.508 e. The molecule has 20 heavy (non-hydrogen) atoms. The second kappa shape index (κ2) is 5.83. The Kier molecular flexibility index (Phi) is 3.91. The lowest BCUT2D eigenvalue weighted by molar-refractivity contribution is 0.393. The summed E-state index contributed by atoms with van der Waals surface area (Å²) in [6.45, 7) is 2.32. The minimum Gasteiger partial charge on any atom is -0.508 e. The van der Waals surface area contributed by atoms with Crippen LogP contribution in [0, 0.1) is 5.92 Å². The van der Waals surface area contributed by atoms with Crippen LogP contribution in [0.3, 0.4) is 0 Å². The maximum absolute atomic E-state index is 9.34. The maximum atomic E-state index is 9.34. The fourth-order valence-corrected chi connectivity index (χ4v) is 3.64. The van der Waals surface area contributed by atoms with Gasteiger partial charge < -0.3 is 5.11 Å². The van der Waals surface area contributed by atoms with Gasteiger partial charge in [-0.05, 0) is 66.3 Å². The molecule has 0 unspecified atom stereocenters. The number of aromatic hydroxyl groups is 1. The highest BCUT2D eigenvalue weighted by Gasteiger charge is 2.22. The normalized spacial score (nSPS) is 22.9. The molecule has 1 N–H and O–H groups in total. The van der Waals surface area contributed by atoms with Crippen molar-refractivity contribution < 1.29 is 5.11 Å². The van der Waals surface area contributed by atoms with E-state index in [2.05, 4.69) is 22.4 Å². The van der Waals surface area contributed by atoms with Crippen LogP contribution in [0.4, 0.5) is 0 Å². The maximum Gasteiger partial charge on any atom is 0.214 e. The quantitative estimate of drug-likeness (QED) is 0.941. The molecular weight excluding hydrogens is 272 g/mol. The topological polar surface area (TPSA) is 63.8 Å². The van der Waals surface area contributed by atoms with E-state index in [0.717, 1.165) is 16.8 Å². The van der Waals surface area contributed by atoms with Crippen molar-refractivity contribution in [3.8, 4) is 11.4 Å². The number of tetrazole rings is 1. The lowest BCUT2D eigenvalue weighted by Crippen LogP contribution is -2.14. The van der Waals surface area contributed by atoms with Gasteiger partial charge in [0.2, 0.25) is 5.16 Å². The monoisotopic (exact) mass is 290 g/mol. The van der Waals surface area contributed by atoms with Gasteiger partial charge in [-0.1, -0.05) is 18.7 Å². The summed E-state index contributed by atoms with van der Waals surface area (Å²) in [6, 6.07) is 6.93. The van der Waals surface area contributed by atoms with Crippen molar-refractivity contribution in [1.29, 1.82) is 0 Å². The highest BCUT2D eigenvalue weighted by Crippen LogP contribution is 2.35. The van der Waals surface area contributed by atoms with Crippen LogP contribution in [0.5, 0.6) is 5.75 Å². The molecule has 2 aromatic rings. The molecule has 0 spiro atoms. The second-order valence-electron chi connectivity index (χ2n) is 5.39. The number of phenols is 1. The van der Waals surface area contributed by atoms with Crippen molar-refractivity contribution in [3.63, 3.8) is 0 Å². The summed E-state index contributed by atoms with van der Waals surface area (Å²) < 4.78 is 1.74. The average molecular weight is 290 g/mol. The highest BCUT2D eigenvalue weighted by atomic mass is 32.2. The standard InChI is InChI=1S/C14H18N4OS/c1-10-2-8-13(9-3-10)20-14-15-16-17-18(14)11-4-6-12(19)7-5-11/h4-7,10,13,19H,2-3,8-9H2,1H3.